The molecule has 3 aromatic rings. The average molecular weight is 442 g/mol. The van der Waals surface area contributed by atoms with Crippen LogP contribution in [0, 0.1) is 6.92 Å². The third-order valence-electron chi connectivity index (χ3n) is 6.18. The van der Waals surface area contributed by atoms with Crippen LogP contribution in [-0.2, 0) is 20.8 Å². The van der Waals surface area contributed by atoms with Gasteiger partial charge in [0.15, 0.2) is 0 Å². The van der Waals surface area contributed by atoms with Crippen molar-refractivity contribution in [2.45, 2.75) is 39.2 Å². The van der Waals surface area contributed by atoms with Crippen LogP contribution < -0.4 is 16.0 Å². The van der Waals surface area contributed by atoms with Crippen LogP contribution in [0.2, 0.25) is 0 Å². The van der Waals surface area contributed by atoms with Crippen LogP contribution in [0.4, 0.5) is 11.4 Å². The number of fused-ring (bicyclic) bond motifs is 3. The van der Waals surface area contributed by atoms with E-state index >= 15 is 0 Å². The molecule has 33 heavy (non-hydrogen) atoms. The molecule has 6 nitrogen and oxygen atoms in total. The molecule has 1 unspecified atom stereocenters. The SMILES string of the molecule is Cc1ccccc1CC(=O)N[C@@H](C)C(=O)N1C(=O)C(C)c2ccccc2-c2c(N)cccc21. The summed E-state index contributed by atoms with van der Waals surface area (Å²) in [5.41, 5.74) is 11.4. The second kappa shape index (κ2) is 8.90. The molecule has 0 saturated heterocycles. The Bertz CT molecular complexity index is 1250. The smallest absolute Gasteiger partial charge is 0.256 e. The zero-order valence-electron chi connectivity index (χ0n) is 19.0. The fourth-order valence-electron chi connectivity index (χ4n) is 4.34. The van der Waals surface area contributed by atoms with Crippen molar-refractivity contribution in [2.75, 3.05) is 10.6 Å². The Morgan fingerprint density at radius 2 is 1.73 bits per heavy atom. The highest BCUT2D eigenvalue weighted by Crippen LogP contribution is 2.44. The molecule has 6 heteroatoms. The molecule has 3 aromatic carbocycles. The summed E-state index contributed by atoms with van der Waals surface area (Å²) in [6.07, 6.45) is 0.156. The van der Waals surface area contributed by atoms with Gasteiger partial charge in [-0.3, -0.25) is 14.4 Å². The predicted molar refractivity (Wildman–Crippen MR) is 130 cm³/mol. The quantitative estimate of drug-likeness (QED) is 0.599. The van der Waals surface area contributed by atoms with Crippen molar-refractivity contribution < 1.29 is 14.4 Å². The van der Waals surface area contributed by atoms with Gasteiger partial charge in [0.25, 0.3) is 5.91 Å². The fourth-order valence-corrected chi connectivity index (χ4v) is 4.34. The highest BCUT2D eigenvalue weighted by molar-refractivity contribution is 6.22. The number of hydrogen-bond acceptors (Lipinski definition) is 4. The summed E-state index contributed by atoms with van der Waals surface area (Å²) >= 11 is 0. The van der Waals surface area contributed by atoms with Crippen molar-refractivity contribution in [3.8, 4) is 11.1 Å². The highest BCUT2D eigenvalue weighted by atomic mass is 16.2. The zero-order valence-corrected chi connectivity index (χ0v) is 19.0. The summed E-state index contributed by atoms with van der Waals surface area (Å²) in [5, 5.41) is 2.76. The molecule has 4 rings (SSSR count). The van der Waals surface area contributed by atoms with E-state index in [0.717, 1.165) is 22.3 Å². The Hall–Kier alpha value is -3.93. The van der Waals surface area contributed by atoms with E-state index in [1.807, 2.05) is 55.5 Å². The minimum absolute atomic E-state index is 0.156. The maximum atomic E-state index is 13.5. The molecule has 0 bridgehead atoms. The lowest BCUT2D eigenvalue weighted by Gasteiger charge is -2.26. The van der Waals surface area contributed by atoms with Crippen LogP contribution in [0.25, 0.3) is 11.1 Å². The molecule has 0 aromatic heterocycles. The van der Waals surface area contributed by atoms with Crippen molar-refractivity contribution in [2.24, 2.45) is 0 Å². The number of nitrogen functional groups attached to an aromatic ring is 1. The molecule has 0 radical (unpaired) electrons. The monoisotopic (exact) mass is 441 g/mol. The number of carbonyl (C=O) groups excluding carboxylic acids is 3. The number of carbonyl (C=O) groups is 3. The van der Waals surface area contributed by atoms with Crippen molar-refractivity contribution in [1.29, 1.82) is 0 Å². The molecule has 1 aliphatic rings. The fraction of sp³-hybridized carbons (Fsp3) is 0.222. The van der Waals surface area contributed by atoms with Gasteiger partial charge in [0.2, 0.25) is 11.8 Å². The van der Waals surface area contributed by atoms with Gasteiger partial charge in [-0.1, -0.05) is 54.6 Å². The molecule has 168 valence electrons. The van der Waals surface area contributed by atoms with Gasteiger partial charge in [-0.2, -0.15) is 0 Å². The molecule has 1 aliphatic heterocycles. The number of imide groups is 1. The molecule has 0 saturated carbocycles. The Balaban J connectivity index is 1.66. The van der Waals surface area contributed by atoms with Gasteiger partial charge in [-0.25, -0.2) is 4.90 Å². The van der Waals surface area contributed by atoms with Gasteiger partial charge in [-0.15, -0.1) is 0 Å². The topological polar surface area (TPSA) is 92.5 Å². The van der Waals surface area contributed by atoms with Gasteiger partial charge in [-0.05, 0) is 55.2 Å². The maximum absolute atomic E-state index is 13.5. The zero-order chi connectivity index (χ0) is 23.7. The molecule has 0 fully saturated rings. The maximum Gasteiger partial charge on any atom is 0.256 e. The number of nitrogens with one attached hydrogen (secondary N) is 1. The van der Waals surface area contributed by atoms with Crippen LogP contribution in [-0.4, -0.2) is 23.8 Å². The first-order valence-electron chi connectivity index (χ1n) is 11.0. The molecule has 3 N–H and O–H groups in total. The Morgan fingerprint density at radius 1 is 1.03 bits per heavy atom. The Labute approximate surface area is 193 Å². The van der Waals surface area contributed by atoms with E-state index in [1.165, 1.54) is 4.90 Å². The normalized spacial score (nSPS) is 15.8. The van der Waals surface area contributed by atoms with Crippen molar-refractivity contribution in [3.05, 3.63) is 83.4 Å². The molecular weight excluding hydrogens is 414 g/mol. The molecule has 2 atom stereocenters. The molecule has 0 spiro atoms. The largest absolute Gasteiger partial charge is 0.398 e. The Morgan fingerprint density at radius 3 is 2.48 bits per heavy atom. The van der Waals surface area contributed by atoms with E-state index in [2.05, 4.69) is 5.32 Å². The van der Waals surface area contributed by atoms with E-state index in [4.69, 9.17) is 5.73 Å². The number of aryl methyl sites for hydroxylation is 1. The number of nitrogens with two attached hydrogens (primary N) is 1. The van der Waals surface area contributed by atoms with Gasteiger partial charge >= 0.3 is 0 Å². The molecule has 1 heterocycles. The first-order chi connectivity index (χ1) is 15.8. The van der Waals surface area contributed by atoms with Crippen LogP contribution in [0.5, 0.6) is 0 Å². The van der Waals surface area contributed by atoms with Crippen molar-refractivity contribution in [1.82, 2.24) is 5.32 Å². The minimum atomic E-state index is -0.895. The van der Waals surface area contributed by atoms with Crippen LogP contribution in [0.15, 0.2) is 66.7 Å². The third kappa shape index (κ3) is 4.12. The summed E-state index contributed by atoms with van der Waals surface area (Å²) in [4.78, 5) is 40.9. The molecule has 0 aliphatic carbocycles. The lowest BCUT2D eigenvalue weighted by Crippen LogP contribution is -2.50. The van der Waals surface area contributed by atoms with Gasteiger partial charge < -0.3 is 11.1 Å². The van der Waals surface area contributed by atoms with Crippen molar-refractivity contribution in [3.63, 3.8) is 0 Å². The summed E-state index contributed by atoms with van der Waals surface area (Å²) in [5.74, 6) is -1.68. The van der Waals surface area contributed by atoms with E-state index in [0.29, 0.717) is 16.9 Å². The molecular formula is C27H27N3O3. The van der Waals surface area contributed by atoms with Gasteiger partial charge in [0.1, 0.15) is 6.04 Å². The van der Waals surface area contributed by atoms with Gasteiger partial charge in [0, 0.05) is 11.3 Å². The summed E-state index contributed by atoms with van der Waals surface area (Å²) in [7, 11) is 0. The lowest BCUT2D eigenvalue weighted by molar-refractivity contribution is -0.131. The number of anilines is 2. The number of amides is 3. The second-order valence-electron chi connectivity index (χ2n) is 8.45. The third-order valence-corrected chi connectivity index (χ3v) is 6.18. The first-order valence-corrected chi connectivity index (χ1v) is 11.0. The van der Waals surface area contributed by atoms with Crippen LogP contribution in [0.3, 0.4) is 0 Å². The summed E-state index contributed by atoms with van der Waals surface area (Å²) < 4.78 is 0. The van der Waals surface area contributed by atoms with E-state index < -0.39 is 17.9 Å². The van der Waals surface area contributed by atoms with Gasteiger partial charge in [0.05, 0.1) is 18.0 Å². The second-order valence-corrected chi connectivity index (χ2v) is 8.45. The van der Waals surface area contributed by atoms with E-state index in [-0.39, 0.29) is 18.2 Å². The summed E-state index contributed by atoms with van der Waals surface area (Å²) in [6, 6.07) is 19.5. The van der Waals surface area contributed by atoms with Crippen molar-refractivity contribution >= 4 is 29.1 Å². The lowest BCUT2D eigenvalue weighted by atomic mass is 9.92. The van der Waals surface area contributed by atoms with E-state index in [1.54, 1.807) is 32.0 Å². The first kappa shape index (κ1) is 22.3. The van der Waals surface area contributed by atoms with Crippen LogP contribution in [0.1, 0.15) is 36.5 Å². The van der Waals surface area contributed by atoms with E-state index in [9.17, 15) is 14.4 Å². The Kier molecular flexibility index (Phi) is 6.01. The standard InChI is InChI=1S/C27H27N3O3/c1-16-9-4-5-10-19(16)15-24(31)29-18(3)27(33)30-23-14-8-13-22(28)25(23)21-12-7-6-11-20(21)17(2)26(30)32/h4-14,17-18H,15,28H2,1-3H3,(H,29,31)/t17?,18-/m0/s1. The minimum Gasteiger partial charge on any atom is -0.398 e. The predicted octanol–water partition coefficient (Wildman–Crippen LogP) is 3.97. The number of rotatable bonds is 4. The average Bonchev–Trinajstić information content (AvgIpc) is 2.89. The molecule has 3 amide bonds. The number of hydrogen-bond donors (Lipinski definition) is 2. The number of nitrogens with zero attached hydrogens (tertiary/aromatic N) is 1. The highest BCUT2D eigenvalue weighted by Gasteiger charge is 2.37. The van der Waals surface area contributed by atoms with Crippen LogP contribution >= 0.6 is 0 Å². The summed E-state index contributed by atoms with van der Waals surface area (Å²) in [6.45, 7) is 5.32. The number of benzene rings is 3.